The Kier molecular flexibility index (Phi) is 5.03. The van der Waals surface area contributed by atoms with E-state index in [-0.39, 0.29) is 12.2 Å². The molecule has 0 spiro atoms. The van der Waals surface area contributed by atoms with Crippen molar-refractivity contribution in [3.8, 4) is 16.9 Å². The van der Waals surface area contributed by atoms with E-state index in [1.165, 1.54) is 12.5 Å². The second-order valence-corrected chi connectivity index (χ2v) is 6.39. The minimum Gasteiger partial charge on any atom is -0.550 e. The second kappa shape index (κ2) is 7.40. The number of ketones is 1. The van der Waals surface area contributed by atoms with E-state index in [1.807, 2.05) is 66.1 Å². The lowest BCUT2D eigenvalue weighted by Crippen LogP contribution is -2.22. The van der Waals surface area contributed by atoms with E-state index < -0.39 is 5.97 Å². The molecule has 3 rings (SSSR count). The summed E-state index contributed by atoms with van der Waals surface area (Å²) < 4.78 is 2.01. The van der Waals surface area contributed by atoms with Gasteiger partial charge in [-0.3, -0.25) is 4.79 Å². The van der Waals surface area contributed by atoms with Crippen molar-refractivity contribution >= 4 is 11.8 Å². The molecule has 0 amide bonds. The standard InChI is InChI=1S/C22H21NO3/c1-15-6-8-17(9-7-15)21-12-10-19(11-13-22(25)26)23(21)20-5-3-4-18(14-20)16(2)24/h3-10,12,14H,11,13H2,1-2H3,(H,25,26)/p-1. The summed E-state index contributed by atoms with van der Waals surface area (Å²) in [6, 6.07) is 19.5. The fourth-order valence-electron chi connectivity index (χ4n) is 3.02. The number of nitrogens with zero attached hydrogens (tertiary/aromatic N) is 1. The summed E-state index contributed by atoms with van der Waals surface area (Å²) >= 11 is 0. The van der Waals surface area contributed by atoms with Crippen LogP contribution in [0.5, 0.6) is 0 Å². The molecule has 0 unspecified atom stereocenters. The van der Waals surface area contributed by atoms with E-state index in [1.54, 1.807) is 6.07 Å². The average molecular weight is 346 g/mol. The van der Waals surface area contributed by atoms with Gasteiger partial charge in [-0.05, 0) is 56.5 Å². The number of hydrogen-bond donors (Lipinski definition) is 0. The van der Waals surface area contributed by atoms with Crippen molar-refractivity contribution in [1.29, 1.82) is 0 Å². The number of Topliss-reactive ketones (excluding diaryl/α,β-unsaturated/α-hetero) is 1. The third-order valence-electron chi connectivity index (χ3n) is 4.41. The van der Waals surface area contributed by atoms with Crippen molar-refractivity contribution < 1.29 is 14.7 Å². The SMILES string of the molecule is CC(=O)c1cccc(-n2c(CCC(=O)[O-])ccc2-c2ccc(C)cc2)c1. The minimum absolute atomic E-state index is 0.00724. The Labute approximate surface area is 152 Å². The number of aromatic nitrogens is 1. The van der Waals surface area contributed by atoms with Gasteiger partial charge < -0.3 is 14.5 Å². The fraction of sp³-hybridized carbons (Fsp3) is 0.182. The number of hydrogen-bond acceptors (Lipinski definition) is 3. The quantitative estimate of drug-likeness (QED) is 0.643. The van der Waals surface area contributed by atoms with Crippen molar-refractivity contribution in [2.75, 3.05) is 0 Å². The zero-order chi connectivity index (χ0) is 18.7. The third-order valence-corrected chi connectivity index (χ3v) is 4.41. The summed E-state index contributed by atoms with van der Waals surface area (Å²) in [4.78, 5) is 22.7. The Balaban J connectivity index is 2.14. The lowest BCUT2D eigenvalue weighted by molar-refractivity contribution is -0.305. The largest absolute Gasteiger partial charge is 0.550 e. The molecule has 0 radical (unpaired) electrons. The van der Waals surface area contributed by atoms with Crippen LogP contribution in [0.3, 0.4) is 0 Å². The van der Waals surface area contributed by atoms with Gasteiger partial charge in [0.2, 0.25) is 0 Å². The highest BCUT2D eigenvalue weighted by molar-refractivity contribution is 5.94. The van der Waals surface area contributed by atoms with Gasteiger partial charge >= 0.3 is 0 Å². The molecule has 4 heteroatoms. The lowest BCUT2D eigenvalue weighted by atomic mass is 10.1. The van der Waals surface area contributed by atoms with Crippen LogP contribution in [-0.2, 0) is 11.2 Å². The van der Waals surface area contributed by atoms with E-state index in [2.05, 4.69) is 0 Å². The predicted molar refractivity (Wildman–Crippen MR) is 99.3 cm³/mol. The number of aliphatic carboxylic acids is 1. The molecule has 26 heavy (non-hydrogen) atoms. The number of carbonyl (C=O) groups is 2. The number of carbonyl (C=O) groups excluding carboxylic acids is 2. The molecule has 1 aromatic heterocycles. The first-order valence-corrected chi connectivity index (χ1v) is 8.54. The van der Waals surface area contributed by atoms with Gasteiger partial charge in [-0.25, -0.2) is 0 Å². The summed E-state index contributed by atoms with van der Waals surface area (Å²) in [6.07, 6.45) is 0.308. The minimum atomic E-state index is -1.08. The normalized spacial score (nSPS) is 10.7. The molecule has 3 aromatic rings. The molecule has 0 bridgehead atoms. The maximum Gasteiger partial charge on any atom is 0.159 e. The molecule has 0 aliphatic rings. The van der Waals surface area contributed by atoms with E-state index >= 15 is 0 Å². The predicted octanol–water partition coefficient (Wildman–Crippen LogP) is 3.34. The van der Waals surface area contributed by atoms with Gasteiger partial charge in [0.1, 0.15) is 0 Å². The van der Waals surface area contributed by atoms with Crippen LogP contribution in [0.15, 0.2) is 60.7 Å². The number of benzene rings is 2. The molecule has 0 aliphatic carbocycles. The molecular weight excluding hydrogens is 326 g/mol. The van der Waals surface area contributed by atoms with Crippen molar-refractivity contribution in [3.63, 3.8) is 0 Å². The van der Waals surface area contributed by atoms with E-state index in [0.29, 0.717) is 12.0 Å². The first-order valence-electron chi connectivity index (χ1n) is 8.54. The number of rotatable bonds is 6. The van der Waals surface area contributed by atoms with Crippen LogP contribution in [-0.4, -0.2) is 16.3 Å². The van der Waals surface area contributed by atoms with Gasteiger partial charge in [-0.2, -0.15) is 0 Å². The topological polar surface area (TPSA) is 62.1 Å². The monoisotopic (exact) mass is 346 g/mol. The Morgan fingerprint density at radius 3 is 2.38 bits per heavy atom. The van der Waals surface area contributed by atoms with Crippen LogP contribution in [0, 0.1) is 6.92 Å². The van der Waals surface area contributed by atoms with Gasteiger partial charge in [0.15, 0.2) is 5.78 Å². The Morgan fingerprint density at radius 1 is 1.00 bits per heavy atom. The van der Waals surface area contributed by atoms with E-state index in [0.717, 1.165) is 22.6 Å². The zero-order valence-electron chi connectivity index (χ0n) is 14.9. The first-order chi connectivity index (χ1) is 12.5. The highest BCUT2D eigenvalue weighted by Crippen LogP contribution is 2.28. The van der Waals surface area contributed by atoms with Crippen LogP contribution in [0.1, 0.15) is 35.0 Å². The molecule has 132 valence electrons. The maximum absolute atomic E-state index is 11.8. The van der Waals surface area contributed by atoms with Crippen LogP contribution >= 0.6 is 0 Å². The van der Waals surface area contributed by atoms with Gasteiger partial charge in [-0.1, -0.05) is 42.0 Å². The summed E-state index contributed by atoms with van der Waals surface area (Å²) in [5, 5.41) is 10.9. The average Bonchev–Trinajstić information content (AvgIpc) is 3.04. The van der Waals surface area contributed by atoms with Crippen molar-refractivity contribution in [2.24, 2.45) is 0 Å². The van der Waals surface area contributed by atoms with Crippen LogP contribution in [0.4, 0.5) is 0 Å². The Morgan fingerprint density at radius 2 is 1.73 bits per heavy atom. The summed E-state index contributed by atoms with van der Waals surface area (Å²) in [5.74, 6) is -1.08. The van der Waals surface area contributed by atoms with Crippen molar-refractivity contribution in [2.45, 2.75) is 26.7 Å². The molecular formula is C22H20NO3-. The fourth-order valence-corrected chi connectivity index (χ4v) is 3.02. The third kappa shape index (κ3) is 3.75. The molecule has 0 N–H and O–H groups in total. The molecule has 0 fully saturated rings. The lowest BCUT2D eigenvalue weighted by Gasteiger charge is -2.15. The van der Waals surface area contributed by atoms with Crippen LogP contribution in [0.25, 0.3) is 16.9 Å². The summed E-state index contributed by atoms with van der Waals surface area (Å²) in [5.41, 5.74) is 5.49. The highest BCUT2D eigenvalue weighted by atomic mass is 16.4. The highest BCUT2D eigenvalue weighted by Gasteiger charge is 2.13. The molecule has 0 saturated carbocycles. The van der Waals surface area contributed by atoms with Crippen molar-refractivity contribution in [3.05, 3.63) is 77.5 Å². The Bertz CT molecular complexity index is 952. The molecule has 2 aromatic carbocycles. The molecule has 0 aliphatic heterocycles. The first kappa shape index (κ1) is 17.7. The number of aryl methyl sites for hydroxylation is 2. The van der Waals surface area contributed by atoms with Crippen molar-refractivity contribution in [1.82, 2.24) is 4.57 Å². The molecule has 0 saturated heterocycles. The van der Waals surface area contributed by atoms with Crippen LogP contribution in [0.2, 0.25) is 0 Å². The van der Waals surface area contributed by atoms with E-state index in [9.17, 15) is 14.7 Å². The Hall–Kier alpha value is -3.14. The van der Waals surface area contributed by atoms with Gasteiger partial charge in [0.25, 0.3) is 0 Å². The molecule has 4 nitrogen and oxygen atoms in total. The van der Waals surface area contributed by atoms with Gasteiger partial charge in [0.05, 0.1) is 5.69 Å². The number of carboxylic acids is 1. The van der Waals surface area contributed by atoms with Crippen LogP contribution < -0.4 is 5.11 Å². The molecule has 0 atom stereocenters. The maximum atomic E-state index is 11.8. The smallest absolute Gasteiger partial charge is 0.159 e. The summed E-state index contributed by atoms with van der Waals surface area (Å²) in [7, 11) is 0. The molecule has 1 heterocycles. The van der Waals surface area contributed by atoms with E-state index in [4.69, 9.17) is 0 Å². The number of carboxylic acid groups (broad SMARTS) is 1. The van der Waals surface area contributed by atoms with Gasteiger partial charge in [0, 0.05) is 22.9 Å². The summed E-state index contributed by atoms with van der Waals surface area (Å²) in [6.45, 7) is 3.57. The zero-order valence-corrected chi connectivity index (χ0v) is 14.9. The second-order valence-electron chi connectivity index (χ2n) is 6.39. The van der Waals surface area contributed by atoms with Gasteiger partial charge in [-0.15, -0.1) is 0 Å².